The number of hydrogen-bond acceptors (Lipinski definition) is 2. The predicted octanol–water partition coefficient (Wildman–Crippen LogP) is 4.94. The fourth-order valence-electron chi connectivity index (χ4n) is 2.52. The Morgan fingerprint density at radius 3 is 2.57 bits per heavy atom. The average Bonchev–Trinajstić information content (AvgIpc) is 2.54. The summed E-state index contributed by atoms with van der Waals surface area (Å²) in [6.07, 6.45) is 2.71. The minimum Gasteiger partial charge on any atom is -0.376 e. The zero-order chi connectivity index (χ0) is 14.7. The molecule has 1 unspecified atom stereocenters. The van der Waals surface area contributed by atoms with E-state index in [1.807, 2.05) is 42.5 Å². The van der Waals surface area contributed by atoms with Crippen LogP contribution >= 0.6 is 0 Å². The van der Waals surface area contributed by atoms with Crippen molar-refractivity contribution in [1.82, 2.24) is 4.98 Å². The molecule has 21 heavy (non-hydrogen) atoms. The molecule has 0 bridgehead atoms. The van der Waals surface area contributed by atoms with E-state index in [1.54, 1.807) is 6.20 Å². The van der Waals surface area contributed by atoms with E-state index in [0.29, 0.717) is 0 Å². The van der Waals surface area contributed by atoms with Crippen molar-refractivity contribution in [2.75, 3.05) is 5.32 Å². The van der Waals surface area contributed by atoms with E-state index < -0.39 is 0 Å². The number of halogens is 1. The molecule has 0 aliphatic rings. The molecular formula is C18H17FN2. The van der Waals surface area contributed by atoms with Crippen LogP contribution in [0.2, 0.25) is 0 Å². The molecule has 3 aromatic rings. The molecule has 0 spiro atoms. The SMILES string of the molecule is CCC(Nc1cccc2cccnc12)c1ccc(F)cc1. The lowest BCUT2D eigenvalue weighted by Crippen LogP contribution is -2.10. The van der Waals surface area contributed by atoms with E-state index >= 15 is 0 Å². The van der Waals surface area contributed by atoms with Crippen molar-refractivity contribution in [3.05, 3.63) is 72.2 Å². The molecule has 0 saturated carbocycles. The summed E-state index contributed by atoms with van der Waals surface area (Å²) in [5.41, 5.74) is 3.04. The molecule has 0 aliphatic heterocycles. The summed E-state index contributed by atoms with van der Waals surface area (Å²) in [4.78, 5) is 4.45. The van der Waals surface area contributed by atoms with Crippen LogP contribution in [0.4, 0.5) is 10.1 Å². The van der Waals surface area contributed by atoms with Crippen molar-refractivity contribution in [3.63, 3.8) is 0 Å². The molecule has 2 aromatic carbocycles. The van der Waals surface area contributed by atoms with Gasteiger partial charge >= 0.3 is 0 Å². The first-order valence-electron chi connectivity index (χ1n) is 7.13. The lowest BCUT2D eigenvalue weighted by molar-refractivity contribution is 0.625. The van der Waals surface area contributed by atoms with Crippen molar-refractivity contribution in [2.45, 2.75) is 19.4 Å². The first kappa shape index (κ1) is 13.6. The summed E-state index contributed by atoms with van der Waals surface area (Å²) >= 11 is 0. The third-order valence-electron chi connectivity index (χ3n) is 3.64. The lowest BCUT2D eigenvalue weighted by Gasteiger charge is -2.19. The van der Waals surface area contributed by atoms with Crippen LogP contribution in [0, 0.1) is 5.82 Å². The molecule has 1 atom stereocenters. The summed E-state index contributed by atoms with van der Waals surface area (Å²) in [7, 11) is 0. The molecule has 0 radical (unpaired) electrons. The maximum absolute atomic E-state index is 13.1. The summed E-state index contributed by atoms with van der Waals surface area (Å²) < 4.78 is 13.1. The normalized spacial score (nSPS) is 12.3. The van der Waals surface area contributed by atoms with E-state index in [2.05, 4.69) is 17.2 Å². The zero-order valence-electron chi connectivity index (χ0n) is 11.9. The van der Waals surface area contributed by atoms with Crippen molar-refractivity contribution < 1.29 is 4.39 Å². The Morgan fingerprint density at radius 1 is 1.05 bits per heavy atom. The third-order valence-corrected chi connectivity index (χ3v) is 3.64. The Bertz CT molecular complexity index is 732. The summed E-state index contributed by atoms with van der Waals surface area (Å²) in [5, 5.41) is 4.63. The van der Waals surface area contributed by atoms with Crippen molar-refractivity contribution in [3.8, 4) is 0 Å². The molecule has 106 valence electrons. The second-order valence-corrected chi connectivity index (χ2v) is 5.04. The zero-order valence-corrected chi connectivity index (χ0v) is 11.9. The standard InChI is InChI=1S/C18H17FN2/c1-2-16(13-8-10-15(19)11-9-13)21-17-7-3-5-14-6-4-12-20-18(14)17/h3-12,16,21H,2H2,1H3. The van der Waals surface area contributed by atoms with Crippen LogP contribution in [0.5, 0.6) is 0 Å². The van der Waals surface area contributed by atoms with Crippen molar-refractivity contribution in [1.29, 1.82) is 0 Å². The number of hydrogen-bond donors (Lipinski definition) is 1. The fourth-order valence-corrected chi connectivity index (χ4v) is 2.52. The topological polar surface area (TPSA) is 24.9 Å². The Labute approximate surface area is 123 Å². The van der Waals surface area contributed by atoms with Gasteiger partial charge in [-0.05, 0) is 36.2 Å². The van der Waals surface area contributed by atoms with Crippen LogP contribution < -0.4 is 5.32 Å². The Morgan fingerprint density at radius 2 is 1.81 bits per heavy atom. The number of para-hydroxylation sites is 1. The van der Waals surface area contributed by atoms with Crippen LogP contribution in [-0.2, 0) is 0 Å². The molecule has 0 saturated heterocycles. The summed E-state index contributed by atoms with van der Waals surface area (Å²) in [6.45, 7) is 2.11. The third kappa shape index (κ3) is 2.87. The first-order chi connectivity index (χ1) is 10.3. The average molecular weight is 280 g/mol. The highest BCUT2D eigenvalue weighted by atomic mass is 19.1. The van der Waals surface area contributed by atoms with Gasteiger partial charge in [-0.15, -0.1) is 0 Å². The fraction of sp³-hybridized carbons (Fsp3) is 0.167. The van der Waals surface area contributed by atoms with Gasteiger partial charge in [0.1, 0.15) is 5.82 Å². The van der Waals surface area contributed by atoms with Crippen LogP contribution in [0.1, 0.15) is 24.9 Å². The van der Waals surface area contributed by atoms with E-state index in [4.69, 9.17) is 0 Å². The van der Waals surface area contributed by atoms with Gasteiger partial charge in [-0.25, -0.2) is 4.39 Å². The quantitative estimate of drug-likeness (QED) is 0.732. The molecule has 0 amide bonds. The molecule has 1 heterocycles. The Balaban J connectivity index is 1.94. The van der Waals surface area contributed by atoms with Crippen molar-refractivity contribution >= 4 is 16.6 Å². The van der Waals surface area contributed by atoms with Crippen LogP contribution in [-0.4, -0.2) is 4.98 Å². The van der Waals surface area contributed by atoms with Gasteiger partial charge in [0.2, 0.25) is 0 Å². The van der Waals surface area contributed by atoms with E-state index in [-0.39, 0.29) is 11.9 Å². The number of nitrogens with zero attached hydrogens (tertiary/aromatic N) is 1. The molecule has 3 rings (SSSR count). The van der Waals surface area contributed by atoms with Gasteiger partial charge < -0.3 is 5.32 Å². The van der Waals surface area contributed by atoms with E-state index in [1.165, 1.54) is 12.1 Å². The number of rotatable bonds is 4. The predicted molar refractivity (Wildman–Crippen MR) is 84.8 cm³/mol. The van der Waals surface area contributed by atoms with Crippen molar-refractivity contribution in [2.24, 2.45) is 0 Å². The molecule has 0 fully saturated rings. The molecule has 1 N–H and O–H groups in total. The van der Waals surface area contributed by atoms with Gasteiger partial charge in [0, 0.05) is 11.6 Å². The Kier molecular flexibility index (Phi) is 3.82. The Hall–Kier alpha value is -2.42. The van der Waals surface area contributed by atoms with Gasteiger partial charge in [-0.1, -0.05) is 37.3 Å². The largest absolute Gasteiger partial charge is 0.376 e. The first-order valence-corrected chi connectivity index (χ1v) is 7.13. The van der Waals surface area contributed by atoms with E-state index in [9.17, 15) is 4.39 Å². The lowest BCUT2D eigenvalue weighted by atomic mass is 10.0. The minimum absolute atomic E-state index is 0.137. The van der Waals surface area contributed by atoms with Gasteiger partial charge in [0.05, 0.1) is 17.2 Å². The van der Waals surface area contributed by atoms with Gasteiger partial charge in [0.25, 0.3) is 0 Å². The highest BCUT2D eigenvalue weighted by Gasteiger charge is 2.11. The summed E-state index contributed by atoms with van der Waals surface area (Å²) in [5.74, 6) is -0.208. The second-order valence-electron chi connectivity index (χ2n) is 5.04. The number of fused-ring (bicyclic) bond motifs is 1. The maximum Gasteiger partial charge on any atom is 0.123 e. The van der Waals surface area contributed by atoms with Crippen LogP contribution in [0.3, 0.4) is 0 Å². The monoisotopic (exact) mass is 280 g/mol. The summed E-state index contributed by atoms with van der Waals surface area (Å²) in [6, 6.07) is 16.9. The number of benzene rings is 2. The molecule has 3 heteroatoms. The van der Waals surface area contributed by atoms with E-state index in [0.717, 1.165) is 28.6 Å². The number of aromatic nitrogens is 1. The molecular weight excluding hydrogens is 263 g/mol. The maximum atomic E-state index is 13.1. The smallest absolute Gasteiger partial charge is 0.123 e. The number of nitrogens with one attached hydrogen (secondary N) is 1. The van der Waals surface area contributed by atoms with Gasteiger partial charge in [-0.2, -0.15) is 0 Å². The highest BCUT2D eigenvalue weighted by molar-refractivity contribution is 5.90. The molecule has 0 aliphatic carbocycles. The number of anilines is 1. The van der Waals surface area contributed by atoms with Crippen LogP contribution in [0.25, 0.3) is 10.9 Å². The molecule has 1 aromatic heterocycles. The second kappa shape index (κ2) is 5.92. The van der Waals surface area contributed by atoms with Gasteiger partial charge in [0.15, 0.2) is 0 Å². The highest BCUT2D eigenvalue weighted by Crippen LogP contribution is 2.27. The van der Waals surface area contributed by atoms with Crippen LogP contribution in [0.15, 0.2) is 60.8 Å². The number of pyridine rings is 1. The minimum atomic E-state index is -0.208. The molecule has 2 nitrogen and oxygen atoms in total. The van der Waals surface area contributed by atoms with Gasteiger partial charge in [-0.3, -0.25) is 4.98 Å².